The minimum absolute atomic E-state index is 0.243. The number of hydrogen-bond donors (Lipinski definition) is 1. The Morgan fingerprint density at radius 3 is 2.39 bits per heavy atom. The molecule has 0 aliphatic carbocycles. The zero-order chi connectivity index (χ0) is 13.8. The third kappa shape index (κ3) is 3.80. The van der Waals surface area contributed by atoms with Crippen molar-refractivity contribution in [1.29, 1.82) is 0 Å². The Morgan fingerprint density at radius 1 is 1.33 bits per heavy atom. The summed E-state index contributed by atoms with van der Waals surface area (Å²) in [7, 11) is 0. The number of piperidine rings is 1. The van der Waals surface area contributed by atoms with Gasteiger partial charge in [-0.2, -0.15) is 0 Å². The first-order chi connectivity index (χ1) is 8.38. The quantitative estimate of drug-likeness (QED) is 0.587. The fraction of sp³-hybridized carbons (Fsp3) is 0.857. The third-order valence-corrected chi connectivity index (χ3v) is 4.04. The van der Waals surface area contributed by atoms with Crippen molar-refractivity contribution in [1.82, 2.24) is 0 Å². The van der Waals surface area contributed by atoms with Crippen LogP contribution in [-0.4, -0.2) is 30.4 Å². The van der Waals surface area contributed by atoms with Gasteiger partial charge in [-0.05, 0) is 20.3 Å². The number of esters is 1. The fourth-order valence-electron chi connectivity index (χ4n) is 2.38. The molecule has 0 spiro atoms. The average Bonchev–Trinajstić information content (AvgIpc) is 2.37. The Kier molecular flexibility index (Phi) is 5.32. The largest absolute Gasteiger partial charge is 0.454 e. The maximum Gasteiger partial charge on any atom is 0.375 e. The summed E-state index contributed by atoms with van der Waals surface area (Å²) in [5.74, 6) is -0.943. The van der Waals surface area contributed by atoms with E-state index < -0.39 is 17.4 Å². The average molecular weight is 256 g/mol. The number of hydrogen-bond acceptors (Lipinski definition) is 3. The second-order valence-corrected chi connectivity index (χ2v) is 5.81. The van der Waals surface area contributed by atoms with E-state index in [0.29, 0.717) is 12.3 Å². The molecule has 1 atom stereocenters. The van der Waals surface area contributed by atoms with Gasteiger partial charge in [-0.3, -0.25) is 4.79 Å². The summed E-state index contributed by atoms with van der Waals surface area (Å²) in [6, 6.07) is 0. The number of quaternary nitrogens is 1. The van der Waals surface area contributed by atoms with Crippen LogP contribution < -0.4 is 5.32 Å². The second-order valence-electron chi connectivity index (χ2n) is 5.81. The summed E-state index contributed by atoms with van der Waals surface area (Å²) >= 11 is 0. The van der Waals surface area contributed by atoms with Gasteiger partial charge in [0.05, 0.1) is 13.1 Å². The normalized spacial score (nSPS) is 19.3. The molecule has 0 radical (unpaired) electrons. The van der Waals surface area contributed by atoms with Crippen LogP contribution in [-0.2, 0) is 14.3 Å². The number of ether oxygens (including phenoxy) is 1. The van der Waals surface area contributed by atoms with Gasteiger partial charge in [-0.25, -0.2) is 4.79 Å². The predicted octanol–water partition coefficient (Wildman–Crippen LogP) is 0.897. The van der Waals surface area contributed by atoms with Gasteiger partial charge >= 0.3 is 5.97 Å². The molecule has 0 aromatic carbocycles. The van der Waals surface area contributed by atoms with Crippen LogP contribution in [0.25, 0.3) is 0 Å². The van der Waals surface area contributed by atoms with E-state index in [9.17, 15) is 9.59 Å². The van der Waals surface area contributed by atoms with Crippen LogP contribution in [0.5, 0.6) is 0 Å². The van der Waals surface area contributed by atoms with E-state index >= 15 is 0 Å². The summed E-state index contributed by atoms with van der Waals surface area (Å²) in [6.45, 7) is 9.66. The highest BCUT2D eigenvalue weighted by molar-refractivity contribution is 6.34. The number of rotatable bonds is 5. The van der Waals surface area contributed by atoms with Crippen molar-refractivity contribution in [3.8, 4) is 0 Å². The Morgan fingerprint density at radius 2 is 1.89 bits per heavy atom. The van der Waals surface area contributed by atoms with E-state index in [2.05, 4.69) is 5.32 Å². The molecule has 104 valence electrons. The highest BCUT2D eigenvalue weighted by Crippen LogP contribution is 2.28. The van der Waals surface area contributed by atoms with Gasteiger partial charge in [-0.1, -0.05) is 13.8 Å². The molecule has 2 N–H and O–H groups in total. The standard InChI is InChI=1S/C14H25NO3/c1-5-10(2)12(16)13(17)18-14(3,4)11-6-8-15-9-7-11/h10-11,15H,5-9H2,1-4H3/p+1. The lowest BCUT2D eigenvalue weighted by Gasteiger charge is -2.35. The van der Waals surface area contributed by atoms with Crippen molar-refractivity contribution in [2.75, 3.05) is 13.1 Å². The van der Waals surface area contributed by atoms with Gasteiger partial charge in [0.15, 0.2) is 0 Å². The zero-order valence-corrected chi connectivity index (χ0v) is 12.0. The molecule has 1 rings (SSSR count). The molecule has 1 aliphatic heterocycles. The van der Waals surface area contributed by atoms with E-state index in [1.165, 1.54) is 0 Å². The third-order valence-electron chi connectivity index (χ3n) is 4.04. The summed E-state index contributed by atoms with van der Waals surface area (Å²) in [5.41, 5.74) is -0.533. The van der Waals surface area contributed by atoms with Gasteiger partial charge in [0.1, 0.15) is 5.60 Å². The molecule has 4 heteroatoms. The summed E-state index contributed by atoms with van der Waals surface area (Å²) in [5, 5.41) is 2.28. The Balaban J connectivity index is 2.58. The smallest absolute Gasteiger partial charge is 0.375 e. The molecule has 0 bridgehead atoms. The number of carbonyl (C=O) groups excluding carboxylic acids is 2. The van der Waals surface area contributed by atoms with Crippen molar-refractivity contribution >= 4 is 11.8 Å². The van der Waals surface area contributed by atoms with Crippen LogP contribution in [0.15, 0.2) is 0 Å². The van der Waals surface area contributed by atoms with Crippen molar-refractivity contribution < 1.29 is 19.6 Å². The van der Waals surface area contributed by atoms with E-state index in [4.69, 9.17) is 4.74 Å². The molecule has 1 saturated heterocycles. The highest BCUT2D eigenvalue weighted by Gasteiger charge is 2.37. The van der Waals surface area contributed by atoms with Crippen molar-refractivity contribution in [2.24, 2.45) is 11.8 Å². The SMILES string of the molecule is CCC(C)C(=O)C(=O)OC(C)(C)C1CC[NH2+]CC1. The molecular weight excluding hydrogens is 230 g/mol. The summed E-state index contributed by atoms with van der Waals surface area (Å²) < 4.78 is 5.46. The van der Waals surface area contributed by atoms with E-state index in [-0.39, 0.29) is 5.92 Å². The van der Waals surface area contributed by atoms with Gasteiger partial charge in [0, 0.05) is 24.7 Å². The number of nitrogens with two attached hydrogens (primary N) is 1. The van der Waals surface area contributed by atoms with E-state index in [0.717, 1.165) is 25.9 Å². The first kappa shape index (κ1) is 15.2. The van der Waals surface area contributed by atoms with Crippen LogP contribution in [0.2, 0.25) is 0 Å². The van der Waals surface area contributed by atoms with Gasteiger partial charge in [0.2, 0.25) is 5.78 Å². The first-order valence-corrected chi connectivity index (χ1v) is 6.97. The number of Topliss-reactive ketones (excluding diaryl/α,β-unsaturated/α-hetero) is 1. The summed E-state index contributed by atoms with van der Waals surface area (Å²) in [6.07, 6.45) is 2.75. The lowest BCUT2D eigenvalue weighted by molar-refractivity contribution is -0.665. The predicted molar refractivity (Wildman–Crippen MR) is 69.0 cm³/mol. The van der Waals surface area contributed by atoms with Gasteiger partial charge in [0.25, 0.3) is 0 Å². The van der Waals surface area contributed by atoms with Crippen LogP contribution in [0, 0.1) is 11.8 Å². The van der Waals surface area contributed by atoms with Crippen molar-refractivity contribution in [2.45, 2.75) is 52.6 Å². The number of ketones is 1. The lowest BCUT2D eigenvalue weighted by Crippen LogP contribution is -2.86. The monoisotopic (exact) mass is 256 g/mol. The first-order valence-electron chi connectivity index (χ1n) is 6.97. The number of carbonyl (C=O) groups is 2. The van der Waals surface area contributed by atoms with Gasteiger partial charge < -0.3 is 10.1 Å². The fourth-order valence-corrected chi connectivity index (χ4v) is 2.38. The minimum Gasteiger partial charge on any atom is -0.454 e. The lowest BCUT2D eigenvalue weighted by atomic mass is 9.83. The maximum absolute atomic E-state index is 11.8. The molecule has 1 fully saturated rings. The highest BCUT2D eigenvalue weighted by atomic mass is 16.6. The zero-order valence-electron chi connectivity index (χ0n) is 12.0. The van der Waals surface area contributed by atoms with E-state index in [1.54, 1.807) is 6.92 Å². The van der Waals surface area contributed by atoms with Gasteiger partial charge in [-0.15, -0.1) is 0 Å². The van der Waals surface area contributed by atoms with Crippen LogP contribution in [0.3, 0.4) is 0 Å². The topological polar surface area (TPSA) is 60.0 Å². The molecular formula is C14H26NO3+. The van der Waals surface area contributed by atoms with Crippen LogP contribution >= 0.6 is 0 Å². The maximum atomic E-state index is 11.8. The summed E-state index contributed by atoms with van der Waals surface area (Å²) in [4.78, 5) is 23.6. The molecule has 4 nitrogen and oxygen atoms in total. The van der Waals surface area contributed by atoms with Crippen LogP contribution in [0.4, 0.5) is 0 Å². The van der Waals surface area contributed by atoms with E-state index in [1.807, 2.05) is 20.8 Å². The van der Waals surface area contributed by atoms with Crippen molar-refractivity contribution in [3.63, 3.8) is 0 Å². The molecule has 1 heterocycles. The Labute approximate surface area is 109 Å². The molecule has 0 aromatic heterocycles. The molecule has 0 amide bonds. The molecule has 1 aliphatic rings. The molecule has 0 aromatic rings. The Hall–Kier alpha value is -0.900. The minimum atomic E-state index is -0.663. The Bertz CT molecular complexity index is 306. The molecule has 1 unspecified atom stereocenters. The van der Waals surface area contributed by atoms with Crippen molar-refractivity contribution in [3.05, 3.63) is 0 Å². The molecule has 0 saturated carbocycles. The van der Waals surface area contributed by atoms with Crippen LogP contribution in [0.1, 0.15) is 47.0 Å². The molecule has 18 heavy (non-hydrogen) atoms. The second kappa shape index (κ2) is 6.32.